The molecule has 0 atom stereocenters. The monoisotopic (exact) mass is 473 g/mol. The molecule has 0 saturated carbocycles. The minimum Gasteiger partial charge on any atom is -0.352 e. The first-order valence-electron chi connectivity index (χ1n) is 10.9. The van der Waals surface area contributed by atoms with Crippen molar-refractivity contribution < 1.29 is 22.8 Å². The van der Waals surface area contributed by atoms with Crippen molar-refractivity contribution >= 4 is 17.5 Å². The highest BCUT2D eigenvalue weighted by molar-refractivity contribution is 5.99. The number of nitrogens with one attached hydrogen (secondary N) is 1. The van der Waals surface area contributed by atoms with Gasteiger partial charge in [-0.2, -0.15) is 18.3 Å². The van der Waals surface area contributed by atoms with Gasteiger partial charge in [-0.25, -0.2) is 9.50 Å². The fourth-order valence-corrected chi connectivity index (χ4v) is 4.00. The van der Waals surface area contributed by atoms with Crippen LogP contribution in [0.3, 0.4) is 0 Å². The molecule has 1 saturated heterocycles. The van der Waals surface area contributed by atoms with Crippen LogP contribution < -0.4 is 5.32 Å². The summed E-state index contributed by atoms with van der Waals surface area (Å²) in [6.45, 7) is 9.99. The molecule has 1 fully saturated rings. The zero-order valence-electron chi connectivity index (χ0n) is 19.6. The number of hydrogen-bond acceptors (Lipinski definition) is 4. The summed E-state index contributed by atoms with van der Waals surface area (Å²) < 4.78 is 40.4. The number of hydrogen-bond donors (Lipinski definition) is 1. The number of benzene rings is 1. The highest BCUT2D eigenvalue weighted by atomic mass is 19.4. The Labute approximate surface area is 195 Å². The third-order valence-corrected chi connectivity index (χ3v) is 6.06. The molecule has 3 aromatic rings. The number of alkyl halides is 3. The van der Waals surface area contributed by atoms with E-state index in [4.69, 9.17) is 0 Å². The van der Waals surface area contributed by atoms with Crippen molar-refractivity contribution in [3.05, 3.63) is 53.3 Å². The lowest BCUT2D eigenvalue weighted by molar-refractivity contribution is -0.137. The van der Waals surface area contributed by atoms with Crippen LogP contribution >= 0.6 is 0 Å². The number of carbonyl (C=O) groups is 2. The lowest BCUT2D eigenvalue weighted by Gasteiger charge is -2.40. The van der Waals surface area contributed by atoms with Gasteiger partial charge < -0.3 is 10.2 Å². The molecule has 3 heterocycles. The molecule has 1 N–H and O–H groups in total. The van der Waals surface area contributed by atoms with Gasteiger partial charge in [0.1, 0.15) is 11.2 Å². The molecule has 10 heteroatoms. The highest BCUT2D eigenvalue weighted by Crippen LogP contribution is 2.33. The summed E-state index contributed by atoms with van der Waals surface area (Å²) in [5.74, 6) is -0.629. The first kappa shape index (κ1) is 23.7. The molecule has 2 aromatic heterocycles. The van der Waals surface area contributed by atoms with Crippen LogP contribution in [0.4, 0.5) is 13.2 Å². The second-order valence-corrected chi connectivity index (χ2v) is 9.93. The molecule has 4 rings (SSSR count). The zero-order valence-corrected chi connectivity index (χ0v) is 19.6. The fraction of sp³-hybridized carbons (Fsp3) is 0.417. The molecule has 0 bridgehead atoms. The maximum absolute atomic E-state index is 13.3. The first-order chi connectivity index (χ1) is 15.7. The number of aromatic nitrogens is 3. The Hall–Kier alpha value is -3.43. The van der Waals surface area contributed by atoms with E-state index < -0.39 is 17.3 Å². The molecular weight excluding hydrogens is 447 g/mol. The van der Waals surface area contributed by atoms with Crippen molar-refractivity contribution in [1.29, 1.82) is 0 Å². The van der Waals surface area contributed by atoms with E-state index in [1.165, 1.54) is 27.7 Å². The van der Waals surface area contributed by atoms with E-state index in [0.29, 0.717) is 30.0 Å². The minimum atomic E-state index is -4.43. The molecule has 2 amide bonds. The lowest BCUT2D eigenvalue weighted by Crippen LogP contribution is -2.63. The lowest BCUT2D eigenvalue weighted by atomic mass is 9.87. The van der Waals surface area contributed by atoms with E-state index in [1.807, 2.05) is 20.8 Å². The van der Waals surface area contributed by atoms with E-state index in [0.717, 1.165) is 17.7 Å². The summed E-state index contributed by atoms with van der Waals surface area (Å²) in [4.78, 5) is 31.6. The predicted octanol–water partition coefficient (Wildman–Crippen LogP) is 4.06. The Balaban J connectivity index is 1.80. The number of carbonyl (C=O) groups excluding carboxylic acids is 2. The summed E-state index contributed by atoms with van der Waals surface area (Å²) in [7, 11) is 0. The van der Waals surface area contributed by atoms with Crippen LogP contribution in [0.2, 0.25) is 0 Å². The molecule has 1 aliphatic heterocycles. The van der Waals surface area contributed by atoms with Gasteiger partial charge in [-0.15, -0.1) is 0 Å². The molecule has 7 nitrogen and oxygen atoms in total. The summed E-state index contributed by atoms with van der Waals surface area (Å²) in [5.41, 5.74) is 0.216. The number of nitrogens with zero attached hydrogens (tertiary/aromatic N) is 4. The molecule has 0 radical (unpaired) electrons. The minimum absolute atomic E-state index is 0.144. The Morgan fingerprint density at radius 1 is 1.12 bits per heavy atom. The van der Waals surface area contributed by atoms with Gasteiger partial charge in [-0.1, -0.05) is 32.9 Å². The number of imidazole rings is 1. The van der Waals surface area contributed by atoms with Gasteiger partial charge in [0.2, 0.25) is 5.91 Å². The number of rotatable bonds is 2. The third kappa shape index (κ3) is 4.12. The molecule has 180 valence electrons. The topological polar surface area (TPSA) is 79.6 Å². The van der Waals surface area contributed by atoms with Crippen molar-refractivity contribution in [2.45, 2.75) is 51.7 Å². The molecule has 0 unspecified atom stereocenters. The summed E-state index contributed by atoms with van der Waals surface area (Å²) >= 11 is 0. The van der Waals surface area contributed by atoms with Gasteiger partial charge in [-0.3, -0.25) is 9.59 Å². The van der Waals surface area contributed by atoms with E-state index in [2.05, 4.69) is 15.4 Å². The van der Waals surface area contributed by atoms with Crippen LogP contribution in [0.25, 0.3) is 16.9 Å². The number of piperazine rings is 1. The summed E-state index contributed by atoms with van der Waals surface area (Å²) in [6, 6.07) is 6.58. The van der Waals surface area contributed by atoms with E-state index in [-0.39, 0.29) is 22.9 Å². The number of halogens is 3. The normalized spacial score (nSPS) is 16.6. The summed E-state index contributed by atoms with van der Waals surface area (Å²) in [6.07, 6.45) is -2.92. The number of fused-ring (bicyclic) bond motifs is 1. The van der Waals surface area contributed by atoms with Crippen LogP contribution in [-0.2, 0) is 16.4 Å². The van der Waals surface area contributed by atoms with Gasteiger partial charge >= 0.3 is 6.18 Å². The largest absolute Gasteiger partial charge is 0.416 e. The molecule has 0 aliphatic carbocycles. The SMILES string of the molecule is CC(C)(C)c1cc(-c2ccc(C(F)(F)F)cc2)nn2cc(C(=O)N3CCNC(=O)C3(C)C)nc12. The molecule has 0 spiro atoms. The van der Waals surface area contributed by atoms with Crippen LogP contribution in [0.1, 0.15) is 56.2 Å². The van der Waals surface area contributed by atoms with E-state index in [9.17, 15) is 22.8 Å². The first-order valence-corrected chi connectivity index (χ1v) is 10.9. The van der Waals surface area contributed by atoms with Crippen molar-refractivity contribution in [1.82, 2.24) is 24.8 Å². The van der Waals surface area contributed by atoms with Gasteiger partial charge in [-0.05, 0) is 37.5 Å². The van der Waals surface area contributed by atoms with E-state index >= 15 is 0 Å². The standard InChI is InChI=1S/C24H26F3N5O2/c1-22(2,3)16-12-17(14-6-8-15(9-7-14)24(25,26)27)30-32-13-18(29-19(16)32)20(33)31-11-10-28-21(34)23(31,4)5/h6-9,12-13H,10-11H2,1-5H3,(H,28,34). The maximum Gasteiger partial charge on any atom is 0.416 e. The van der Waals surface area contributed by atoms with Crippen LogP contribution in [-0.4, -0.2) is 49.9 Å². The average molecular weight is 473 g/mol. The summed E-state index contributed by atoms with van der Waals surface area (Å²) in [5, 5.41) is 7.30. The average Bonchev–Trinajstić information content (AvgIpc) is 3.17. The third-order valence-electron chi connectivity index (χ3n) is 6.06. The maximum atomic E-state index is 13.3. The quantitative estimate of drug-likeness (QED) is 0.609. The number of amides is 2. The van der Waals surface area contributed by atoms with Gasteiger partial charge in [0, 0.05) is 24.2 Å². The van der Waals surface area contributed by atoms with Crippen LogP contribution in [0, 0.1) is 0 Å². The fourth-order valence-electron chi connectivity index (χ4n) is 4.00. The Kier molecular flexibility index (Phi) is 5.45. The van der Waals surface area contributed by atoms with Crippen molar-refractivity contribution in [3.8, 4) is 11.3 Å². The van der Waals surface area contributed by atoms with Crippen LogP contribution in [0.15, 0.2) is 36.5 Å². The highest BCUT2D eigenvalue weighted by Gasteiger charge is 2.41. The van der Waals surface area contributed by atoms with Gasteiger partial charge in [0.15, 0.2) is 5.65 Å². The van der Waals surface area contributed by atoms with E-state index in [1.54, 1.807) is 19.9 Å². The molecule has 34 heavy (non-hydrogen) atoms. The molecular formula is C24H26F3N5O2. The van der Waals surface area contributed by atoms with Gasteiger partial charge in [0.05, 0.1) is 17.5 Å². The zero-order chi connectivity index (χ0) is 25.1. The molecule has 1 aromatic carbocycles. The van der Waals surface area contributed by atoms with Crippen molar-refractivity contribution in [2.75, 3.05) is 13.1 Å². The Bertz CT molecular complexity index is 1270. The molecule has 1 aliphatic rings. The van der Waals surface area contributed by atoms with Crippen molar-refractivity contribution in [3.63, 3.8) is 0 Å². The Morgan fingerprint density at radius 3 is 2.35 bits per heavy atom. The van der Waals surface area contributed by atoms with Gasteiger partial charge in [0.25, 0.3) is 5.91 Å². The predicted molar refractivity (Wildman–Crippen MR) is 120 cm³/mol. The Morgan fingerprint density at radius 2 is 1.76 bits per heavy atom. The second kappa shape index (κ2) is 7.82. The smallest absolute Gasteiger partial charge is 0.352 e. The van der Waals surface area contributed by atoms with Crippen molar-refractivity contribution in [2.24, 2.45) is 0 Å². The second-order valence-electron chi connectivity index (χ2n) is 9.93. The van der Waals surface area contributed by atoms with Crippen LogP contribution in [0.5, 0.6) is 0 Å².